The van der Waals surface area contributed by atoms with Crippen LogP contribution in [0.2, 0.25) is 0 Å². The van der Waals surface area contributed by atoms with Crippen LogP contribution in [-0.2, 0) is 9.53 Å². The summed E-state index contributed by atoms with van der Waals surface area (Å²) in [6, 6.07) is 16.2. The van der Waals surface area contributed by atoms with E-state index in [0.29, 0.717) is 28.5 Å². The van der Waals surface area contributed by atoms with E-state index in [2.05, 4.69) is 39.9 Å². The molecule has 1 saturated carbocycles. The number of hydrogen-bond donors (Lipinski definition) is 3. The predicted molar refractivity (Wildman–Crippen MR) is 132 cm³/mol. The highest BCUT2D eigenvalue weighted by molar-refractivity contribution is 7.17. The molecule has 9 heteroatoms. The van der Waals surface area contributed by atoms with Crippen molar-refractivity contribution in [1.82, 2.24) is 10.3 Å². The molecule has 0 atom stereocenters. The lowest BCUT2D eigenvalue weighted by Gasteiger charge is -2.34. The second kappa shape index (κ2) is 9.50. The van der Waals surface area contributed by atoms with E-state index in [1.807, 2.05) is 24.3 Å². The van der Waals surface area contributed by atoms with E-state index in [4.69, 9.17) is 9.84 Å². The first kappa shape index (κ1) is 23.0. The summed E-state index contributed by atoms with van der Waals surface area (Å²) in [5, 5.41) is 14.7. The van der Waals surface area contributed by atoms with Crippen LogP contribution in [-0.4, -0.2) is 40.7 Å². The van der Waals surface area contributed by atoms with Gasteiger partial charge in [-0.3, -0.25) is 14.9 Å². The standard InChI is InChI=1S/C26H25N3O5S/c1-14-23(24(32)28-16-10-15(11-16)12-22(30)31)35-25(27-14)29-26(33)34-13-21-19-8-4-2-6-17(19)18-7-3-5-9-20(18)21/h2-9,15-16,21H,10-13H2,1H3,(H,28,32)(H,30,31)(H,27,29,33). The maximum atomic E-state index is 12.6. The number of ether oxygens (including phenoxy) is 1. The van der Waals surface area contributed by atoms with E-state index in [1.165, 1.54) is 0 Å². The van der Waals surface area contributed by atoms with Gasteiger partial charge in [0.05, 0.1) is 5.69 Å². The van der Waals surface area contributed by atoms with Crippen LogP contribution in [0.1, 0.15) is 51.7 Å². The number of nitrogens with zero attached hydrogens (tertiary/aromatic N) is 1. The van der Waals surface area contributed by atoms with Gasteiger partial charge >= 0.3 is 12.1 Å². The number of thiazole rings is 1. The highest BCUT2D eigenvalue weighted by atomic mass is 32.1. The third-order valence-electron chi connectivity index (χ3n) is 6.59. The van der Waals surface area contributed by atoms with E-state index >= 15 is 0 Å². The number of carbonyl (C=O) groups excluding carboxylic acids is 2. The number of rotatable bonds is 7. The van der Waals surface area contributed by atoms with Gasteiger partial charge in [-0.2, -0.15) is 0 Å². The Morgan fingerprint density at radius 1 is 1.06 bits per heavy atom. The third kappa shape index (κ3) is 4.77. The third-order valence-corrected chi connectivity index (χ3v) is 7.66. The lowest BCUT2D eigenvalue weighted by molar-refractivity contribution is -0.138. The number of carboxylic acids is 1. The van der Waals surface area contributed by atoms with Gasteiger partial charge in [-0.25, -0.2) is 9.78 Å². The highest BCUT2D eigenvalue weighted by Gasteiger charge is 2.33. The zero-order valence-corrected chi connectivity index (χ0v) is 19.9. The summed E-state index contributed by atoms with van der Waals surface area (Å²) in [5.41, 5.74) is 5.09. The molecule has 1 aromatic heterocycles. The van der Waals surface area contributed by atoms with Crippen molar-refractivity contribution in [3.63, 3.8) is 0 Å². The fraction of sp³-hybridized carbons (Fsp3) is 0.308. The van der Waals surface area contributed by atoms with Gasteiger partial charge in [-0.05, 0) is 47.9 Å². The molecule has 8 nitrogen and oxygen atoms in total. The number of fused-ring (bicyclic) bond motifs is 3. The lowest BCUT2D eigenvalue weighted by atomic mass is 9.78. The fourth-order valence-corrected chi connectivity index (χ4v) is 5.76. The van der Waals surface area contributed by atoms with Crippen LogP contribution in [0.15, 0.2) is 48.5 Å². The normalized spacial score (nSPS) is 18.2. The molecule has 0 spiro atoms. The van der Waals surface area contributed by atoms with Crippen molar-refractivity contribution >= 4 is 34.4 Å². The molecular formula is C26H25N3O5S. The molecular weight excluding hydrogens is 466 g/mol. The fourth-order valence-electron chi connectivity index (χ4n) is 4.90. The maximum absolute atomic E-state index is 12.6. The average Bonchev–Trinajstić information content (AvgIpc) is 3.33. The average molecular weight is 492 g/mol. The Morgan fingerprint density at radius 2 is 1.69 bits per heavy atom. The second-order valence-electron chi connectivity index (χ2n) is 8.99. The Morgan fingerprint density at radius 3 is 2.31 bits per heavy atom. The molecule has 0 radical (unpaired) electrons. The molecule has 0 aliphatic heterocycles. The Kier molecular flexibility index (Phi) is 6.25. The molecule has 1 heterocycles. The number of amides is 2. The smallest absolute Gasteiger partial charge is 0.413 e. The van der Waals surface area contributed by atoms with Crippen molar-refractivity contribution in [3.8, 4) is 11.1 Å². The van der Waals surface area contributed by atoms with E-state index in [0.717, 1.165) is 33.6 Å². The molecule has 2 aromatic carbocycles. The Hall–Kier alpha value is -3.72. The minimum Gasteiger partial charge on any atom is -0.481 e. The van der Waals surface area contributed by atoms with E-state index in [-0.39, 0.29) is 36.8 Å². The number of anilines is 1. The molecule has 35 heavy (non-hydrogen) atoms. The summed E-state index contributed by atoms with van der Waals surface area (Å²) < 4.78 is 5.56. The van der Waals surface area contributed by atoms with Gasteiger partial charge in [0.2, 0.25) is 0 Å². The molecule has 0 unspecified atom stereocenters. The van der Waals surface area contributed by atoms with Gasteiger partial charge < -0.3 is 15.2 Å². The van der Waals surface area contributed by atoms with Gasteiger partial charge in [0, 0.05) is 18.4 Å². The summed E-state index contributed by atoms with van der Waals surface area (Å²) in [7, 11) is 0. The number of aliphatic carboxylic acids is 1. The van der Waals surface area contributed by atoms with Gasteiger partial charge in [0.25, 0.3) is 5.91 Å². The van der Waals surface area contributed by atoms with Gasteiger partial charge in [-0.1, -0.05) is 59.9 Å². The number of aromatic nitrogens is 1. The topological polar surface area (TPSA) is 118 Å². The number of benzene rings is 2. The Balaban J connectivity index is 1.17. The molecule has 5 rings (SSSR count). The number of carbonyl (C=O) groups is 3. The Labute approximate surface area is 206 Å². The molecule has 1 fully saturated rings. The minimum atomic E-state index is -0.818. The summed E-state index contributed by atoms with van der Waals surface area (Å²) in [5.74, 6) is -1.02. The quantitative estimate of drug-likeness (QED) is 0.437. The van der Waals surface area contributed by atoms with E-state index in [9.17, 15) is 14.4 Å². The first-order chi connectivity index (χ1) is 16.9. The van der Waals surface area contributed by atoms with Crippen LogP contribution in [0, 0.1) is 12.8 Å². The van der Waals surface area contributed by atoms with Crippen LogP contribution < -0.4 is 10.6 Å². The van der Waals surface area contributed by atoms with Crippen molar-refractivity contribution in [2.24, 2.45) is 5.92 Å². The maximum Gasteiger partial charge on any atom is 0.413 e. The summed E-state index contributed by atoms with van der Waals surface area (Å²) >= 11 is 1.09. The van der Waals surface area contributed by atoms with Crippen LogP contribution >= 0.6 is 11.3 Å². The zero-order chi connectivity index (χ0) is 24.5. The van der Waals surface area contributed by atoms with Crippen LogP contribution in [0.25, 0.3) is 11.1 Å². The van der Waals surface area contributed by atoms with Crippen molar-refractivity contribution in [3.05, 3.63) is 70.2 Å². The molecule has 0 saturated heterocycles. The Bertz CT molecular complexity index is 1250. The largest absolute Gasteiger partial charge is 0.481 e. The van der Waals surface area contributed by atoms with Gasteiger partial charge in [0.1, 0.15) is 11.5 Å². The van der Waals surface area contributed by atoms with Crippen LogP contribution in [0.5, 0.6) is 0 Å². The van der Waals surface area contributed by atoms with Gasteiger partial charge in [-0.15, -0.1) is 0 Å². The van der Waals surface area contributed by atoms with E-state index in [1.54, 1.807) is 6.92 Å². The first-order valence-corrected chi connectivity index (χ1v) is 12.3. The van der Waals surface area contributed by atoms with Crippen molar-refractivity contribution in [1.29, 1.82) is 0 Å². The zero-order valence-electron chi connectivity index (χ0n) is 19.1. The minimum absolute atomic E-state index is 0.0353. The molecule has 0 bridgehead atoms. The summed E-state index contributed by atoms with van der Waals surface area (Å²) in [6.07, 6.45) is 0.810. The number of nitrogens with one attached hydrogen (secondary N) is 2. The van der Waals surface area contributed by atoms with Crippen molar-refractivity contribution < 1.29 is 24.2 Å². The molecule has 3 N–H and O–H groups in total. The first-order valence-electron chi connectivity index (χ1n) is 11.5. The lowest BCUT2D eigenvalue weighted by Crippen LogP contribution is -2.44. The van der Waals surface area contributed by atoms with Crippen molar-refractivity contribution in [2.45, 2.75) is 38.1 Å². The molecule has 3 aromatic rings. The van der Waals surface area contributed by atoms with E-state index < -0.39 is 12.1 Å². The number of hydrogen-bond acceptors (Lipinski definition) is 6. The second-order valence-corrected chi connectivity index (χ2v) is 9.99. The van der Waals surface area contributed by atoms with Crippen LogP contribution in [0.3, 0.4) is 0 Å². The SMILES string of the molecule is Cc1nc(NC(=O)OCC2c3ccccc3-c3ccccc32)sc1C(=O)NC1CC(CC(=O)O)C1. The molecule has 180 valence electrons. The number of aryl methyl sites for hydroxylation is 1. The highest BCUT2D eigenvalue weighted by Crippen LogP contribution is 2.44. The molecule has 2 aliphatic carbocycles. The van der Waals surface area contributed by atoms with Crippen LogP contribution in [0.4, 0.5) is 9.93 Å². The summed E-state index contributed by atoms with van der Waals surface area (Å²) in [6.45, 7) is 1.90. The predicted octanol–water partition coefficient (Wildman–Crippen LogP) is 4.80. The molecule has 2 amide bonds. The van der Waals surface area contributed by atoms with Gasteiger partial charge in [0.15, 0.2) is 5.13 Å². The monoisotopic (exact) mass is 491 g/mol. The molecule has 2 aliphatic rings. The van der Waals surface area contributed by atoms with Crippen molar-refractivity contribution in [2.75, 3.05) is 11.9 Å². The number of carboxylic acid groups (broad SMARTS) is 1. The summed E-state index contributed by atoms with van der Waals surface area (Å²) in [4.78, 5) is 40.6.